The van der Waals surface area contributed by atoms with Crippen LogP contribution in [0.1, 0.15) is 27.6 Å². The summed E-state index contributed by atoms with van der Waals surface area (Å²) in [5.74, 6) is -1.47. The molecular weight excluding hydrogens is 324 g/mol. The van der Waals surface area contributed by atoms with Gasteiger partial charge in [-0.3, -0.25) is 0 Å². The van der Waals surface area contributed by atoms with Crippen LogP contribution in [0.4, 0.5) is 0 Å². The lowest BCUT2D eigenvalue weighted by Crippen LogP contribution is -2.14. The van der Waals surface area contributed by atoms with Gasteiger partial charge in [0.2, 0.25) is 0 Å². The summed E-state index contributed by atoms with van der Waals surface area (Å²) in [5.41, 5.74) is 1.08. The molecule has 2 aromatic rings. The molecule has 0 N–H and O–H groups in total. The van der Waals surface area contributed by atoms with Crippen LogP contribution in [0.3, 0.4) is 0 Å². The second kappa shape index (κ2) is 8.10. The van der Waals surface area contributed by atoms with Crippen molar-refractivity contribution in [3.8, 4) is 0 Å². The Labute approximate surface area is 145 Å². The van der Waals surface area contributed by atoms with E-state index in [1.165, 1.54) is 14.0 Å². The lowest BCUT2D eigenvalue weighted by atomic mass is 10.0. The largest absolute Gasteiger partial charge is 0.465 e. The van der Waals surface area contributed by atoms with Gasteiger partial charge in [0.1, 0.15) is 13.2 Å². The van der Waals surface area contributed by atoms with E-state index < -0.39 is 17.9 Å². The summed E-state index contributed by atoms with van der Waals surface area (Å²) >= 11 is 0. The quantitative estimate of drug-likeness (QED) is 0.348. The van der Waals surface area contributed by atoms with Gasteiger partial charge in [-0.1, -0.05) is 18.7 Å². The van der Waals surface area contributed by atoms with Gasteiger partial charge in [0.25, 0.3) is 0 Å². The van der Waals surface area contributed by atoms with Gasteiger partial charge in [-0.05, 0) is 42.0 Å². The van der Waals surface area contributed by atoms with Gasteiger partial charge in [-0.2, -0.15) is 0 Å². The van der Waals surface area contributed by atoms with Crippen molar-refractivity contribution in [2.75, 3.05) is 20.3 Å². The number of carbonyl (C=O) groups excluding carboxylic acids is 3. The summed E-state index contributed by atoms with van der Waals surface area (Å²) in [5, 5.41) is 1.59. The molecule has 0 aliphatic rings. The third-order valence-corrected chi connectivity index (χ3v) is 3.40. The molecule has 0 saturated carbocycles. The fraction of sp³-hybridized carbons (Fsp3) is 0.211. The highest BCUT2D eigenvalue weighted by molar-refractivity contribution is 5.99. The third kappa shape index (κ3) is 4.67. The summed E-state index contributed by atoms with van der Waals surface area (Å²) in [7, 11) is 1.32. The van der Waals surface area contributed by atoms with Gasteiger partial charge in [0.15, 0.2) is 0 Å². The molecule has 6 heteroatoms. The van der Waals surface area contributed by atoms with Crippen LogP contribution in [-0.4, -0.2) is 38.2 Å². The highest BCUT2D eigenvalue weighted by Gasteiger charge is 2.11. The van der Waals surface area contributed by atoms with Crippen LogP contribution in [0.15, 0.2) is 48.6 Å². The molecule has 0 saturated heterocycles. The van der Waals surface area contributed by atoms with E-state index in [4.69, 9.17) is 9.47 Å². The maximum Gasteiger partial charge on any atom is 0.338 e. The molecule has 25 heavy (non-hydrogen) atoms. The van der Waals surface area contributed by atoms with Crippen molar-refractivity contribution in [3.05, 3.63) is 59.7 Å². The first-order chi connectivity index (χ1) is 11.9. The normalized spacial score (nSPS) is 10.2. The number of ether oxygens (including phenoxy) is 3. The first-order valence-corrected chi connectivity index (χ1v) is 7.54. The van der Waals surface area contributed by atoms with Crippen molar-refractivity contribution in [3.63, 3.8) is 0 Å². The van der Waals surface area contributed by atoms with Crippen LogP contribution < -0.4 is 0 Å². The lowest BCUT2D eigenvalue weighted by Gasteiger charge is -2.07. The molecule has 0 fully saturated rings. The van der Waals surface area contributed by atoms with Crippen molar-refractivity contribution >= 4 is 28.7 Å². The van der Waals surface area contributed by atoms with E-state index >= 15 is 0 Å². The Hall–Kier alpha value is -3.15. The Kier molecular flexibility index (Phi) is 5.89. The molecule has 0 aromatic heterocycles. The fourth-order valence-electron chi connectivity index (χ4n) is 2.09. The van der Waals surface area contributed by atoms with Gasteiger partial charge in [-0.15, -0.1) is 0 Å². The highest BCUT2D eigenvalue weighted by Crippen LogP contribution is 2.19. The average Bonchev–Trinajstić information content (AvgIpc) is 2.63. The zero-order chi connectivity index (χ0) is 18.4. The maximum atomic E-state index is 12.0. The molecule has 0 bridgehead atoms. The first-order valence-electron chi connectivity index (χ1n) is 7.54. The Bertz CT molecular complexity index is 837. The fourth-order valence-corrected chi connectivity index (χ4v) is 2.09. The Morgan fingerprint density at radius 1 is 0.880 bits per heavy atom. The van der Waals surface area contributed by atoms with Crippen molar-refractivity contribution in [1.82, 2.24) is 0 Å². The molecule has 6 nitrogen and oxygen atoms in total. The van der Waals surface area contributed by atoms with E-state index in [0.717, 1.165) is 10.8 Å². The number of rotatable bonds is 6. The van der Waals surface area contributed by atoms with E-state index in [0.29, 0.717) is 11.1 Å². The molecule has 0 amide bonds. The van der Waals surface area contributed by atoms with E-state index in [-0.39, 0.29) is 18.8 Å². The van der Waals surface area contributed by atoms with E-state index in [1.54, 1.807) is 36.4 Å². The number of benzene rings is 2. The Morgan fingerprint density at radius 2 is 1.40 bits per heavy atom. The van der Waals surface area contributed by atoms with Crippen LogP contribution in [-0.2, 0) is 19.0 Å². The minimum atomic E-state index is -0.525. The van der Waals surface area contributed by atoms with Gasteiger partial charge < -0.3 is 14.2 Å². The van der Waals surface area contributed by atoms with Crippen LogP contribution in [0, 0.1) is 0 Å². The summed E-state index contributed by atoms with van der Waals surface area (Å²) < 4.78 is 14.6. The zero-order valence-electron chi connectivity index (χ0n) is 14.0. The zero-order valence-corrected chi connectivity index (χ0v) is 14.0. The van der Waals surface area contributed by atoms with Crippen LogP contribution in [0.25, 0.3) is 10.8 Å². The minimum absolute atomic E-state index is 0.0342. The smallest absolute Gasteiger partial charge is 0.338 e. The third-order valence-electron chi connectivity index (χ3n) is 3.40. The molecule has 0 spiro atoms. The van der Waals surface area contributed by atoms with Gasteiger partial charge in [0.05, 0.1) is 18.2 Å². The predicted octanol–water partition coefficient (Wildman–Crippen LogP) is 2.90. The lowest BCUT2D eigenvalue weighted by molar-refractivity contribution is -0.140. The van der Waals surface area contributed by atoms with Gasteiger partial charge in [-0.25, -0.2) is 14.4 Å². The van der Waals surface area contributed by atoms with Crippen molar-refractivity contribution in [2.45, 2.75) is 6.92 Å². The standard InChI is InChI=1S/C19H18O6/c1-12(2)17(20)24-8-9-25-19(22)16-7-5-13-10-15(18(21)23-3)6-4-14(13)11-16/h4-7,10-11H,1,8-9H2,2-3H3. The van der Waals surface area contributed by atoms with Crippen LogP contribution >= 0.6 is 0 Å². The number of hydrogen-bond donors (Lipinski definition) is 0. The second-order valence-corrected chi connectivity index (χ2v) is 5.32. The molecule has 2 rings (SSSR count). The number of methoxy groups -OCH3 is 1. The van der Waals surface area contributed by atoms with E-state index in [1.807, 2.05) is 0 Å². The van der Waals surface area contributed by atoms with Crippen molar-refractivity contribution in [1.29, 1.82) is 0 Å². The second-order valence-electron chi connectivity index (χ2n) is 5.32. The van der Waals surface area contributed by atoms with Crippen LogP contribution in [0.2, 0.25) is 0 Å². The monoisotopic (exact) mass is 342 g/mol. The molecule has 0 radical (unpaired) electrons. The first kappa shape index (κ1) is 18.2. The van der Waals surface area contributed by atoms with E-state index in [9.17, 15) is 14.4 Å². The van der Waals surface area contributed by atoms with Gasteiger partial charge >= 0.3 is 17.9 Å². The minimum Gasteiger partial charge on any atom is -0.465 e. The molecule has 0 atom stereocenters. The number of esters is 3. The number of fused-ring (bicyclic) bond motifs is 1. The molecular formula is C19H18O6. The SMILES string of the molecule is C=C(C)C(=O)OCCOC(=O)c1ccc2cc(C(=O)OC)ccc2c1. The summed E-state index contributed by atoms with van der Waals surface area (Å²) in [4.78, 5) is 34.8. The molecule has 0 aliphatic heterocycles. The maximum absolute atomic E-state index is 12.0. The van der Waals surface area contributed by atoms with Crippen molar-refractivity contribution in [2.24, 2.45) is 0 Å². The molecule has 2 aromatic carbocycles. The van der Waals surface area contributed by atoms with Crippen LogP contribution in [0.5, 0.6) is 0 Å². The van der Waals surface area contributed by atoms with E-state index in [2.05, 4.69) is 11.3 Å². The summed E-state index contributed by atoms with van der Waals surface area (Å²) in [6.07, 6.45) is 0. The summed E-state index contributed by atoms with van der Waals surface area (Å²) in [6.45, 7) is 4.91. The molecule has 0 unspecified atom stereocenters. The molecule has 130 valence electrons. The van der Waals surface area contributed by atoms with Crippen molar-refractivity contribution < 1.29 is 28.6 Å². The predicted molar refractivity (Wildman–Crippen MR) is 91.3 cm³/mol. The Balaban J connectivity index is 2.01. The topological polar surface area (TPSA) is 78.9 Å². The summed E-state index contributed by atoms with van der Waals surface area (Å²) in [6, 6.07) is 10.0. The molecule has 0 heterocycles. The number of hydrogen-bond acceptors (Lipinski definition) is 6. The Morgan fingerprint density at radius 3 is 1.92 bits per heavy atom. The number of carbonyl (C=O) groups is 3. The average molecular weight is 342 g/mol. The highest BCUT2D eigenvalue weighted by atomic mass is 16.6. The molecule has 0 aliphatic carbocycles. The van der Waals surface area contributed by atoms with Gasteiger partial charge in [0, 0.05) is 5.57 Å².